The van der Waals surface area contributed by atoms with Crippen LogP contribution in [0.4, 0.5) is 0 Å². The lowest BCUT2D eigenvalue weighted by Gasteiger charge is -2.08. The fourth-order valence-electron chi connectivity index (χ4n) is 1.57. The number of amides is 2. The number of furan rings is 1. The summed E-state index contributed by atoms with van der Waals surface area (Å²) in [6, 6.07) is 10.6. The van der Waals surface area contributed by atoms with Gasteiger partial charge in [0.15, 0.2) is 6.61 Å². The van der Waals surface area contributed by atoms with Crippen LogP contribution in [0.2, 0.25) is 0 Å². The third kappa shape index (κ3) is 5.61. The van der Waals surface area contributed by atoms with Crippen molar-refractivity contribution in [2.24, 2.45) is 0 Å². The number of carbonyl (C=O) groups is 2. The Labute approximate surface area is 136 Å². The van der Waals surface area contributed by atoms with Crippen LogP contribution >= 0.6 is 15.9 Å². The first-order chi connectivity index (χ1) is 10.6. The maximum absolute atomic E-state index is 11.6. The van der Waals surface area contributed by atoms with Gasteiger partial charge in [0.25, 0.3) is 5.91 Å². The molecule has 2 amide bonds. The van der Waals surface area contributed by atoms with Crippen LogP contribution in [0.5, 0.6) is 5.75 Å². The molecule has 0 aliphatic carbocycles. The summed E-state index contributed by atoms with van der Waals surface area (Å²) in [5, 5.41) is 5.11. The quantitative estimate of drug-likeness (QED) is 0.783. The van der Waals surface area contributed by atoms with Gasteiger partial charge >= 0.3 is 0 Å². The Morgan fingerprint density at radius 2 is 1.86 bits per heavy atom. The van der Waals surface area contributed by atoms with Crippen molar-refractivity contribution in [2.45, 2.75) is 6.54 Å². The van der Waals surface area contributed by atoms with Gasteiger partial charge < -0.3 is 19.8 Å². The van der Waals surface area contributed by atoms with Gasteiger partial charge in [-0.25, -0.2) is 0 Å². The monoisotopic (exact) mass is 366 g/mol. The van der Waals surface area contributed by atoms with Gasteiger partial charge in [0.2, 0.25) is 5.91 Å². The van der Waals surface area contributed by atoms with Crippen LogP contribution in [0.3, 0.4) is 0 Å². The molecule has 22 heavy (non-hydrogen) atoms. The van der Waals surface area contributed by atoms with Crippen LogP contribution in [0.15, 0.2) is 51.6 Å². The van der Waals surface area contributed by atoms with Crippen molar-refractivity contribution in [3.05, 3.63) is 52.9 Å². The standard InChI is InChI=1S/C15H15BrN2O4/c16-11-3-5-12(6-4-11)22-10-15(20)18-9-14(19)17-8-13-2-1-7-21-13/h1-7H,8-10H2,(H,17,19)(H,18,20). The SMILES string of the molecule is O=C(CNC(=O)COc1ccc(Br)cc1)NCc1ccco1. The van der Waals surface area contributed by atoms with Gasteiger partial charge in [0.05, 0.1) is 19.4 Å². The average molecular weight is 367 g/mol. The van der Waals surface area contributed by atoms with Gasteiger partial charge in [-0.05, 0) is 36.4 Å². The highest BCUT2D eigenvalue weighted by molar-refractivity contribution is 9.10. The molecule has 0 radical (unpaired) electrons. The molecule has 0 saturated carbocycles. The second-order valence-corrected chi connectivity index (χ2v) is 5.29. The highest BCUT2D eigenvalue weighted by Crippen LogP contribution is 2.15. The van der Waals surface area contributed by atoms with E-state index in [-0.39, 0.29) is 31.5 Å². The summed E-state index contributed by atoms with van der Waals surface area (Å²) in [6.07, 6.45) is 1.53. The molecule has 0 aliphatic heterocycles. The summed E-state index contributed by atoms with van der Waals surface area (Å²) in [7, 11) is 0. The van der Waals surface area contributed by atoms with E-state index in [0.717, 1.165) is 4.47 Å². The number of carbonyl (C=O) groups excluding carboxylic acids is 2. The lowest BCUT2D eigenvalue weighted by Crippen LogP contribution is -2.38. The fraction of sp³-hybridized carbons (Fsp3) is 0.200. The Morgan fingerprint density at radius 1 is 1.09 bits per heavy atom. The van der Waals surface area contributed by atoms with Gasteiger partial charge in [0.1, 0.15) is 11.5 Å². The molecule has 0 unspecified atom stereocenters. The van der Waals surface area contributed by atoms with Crippen molar-refractivity contribution >= 4 is 27.7 Å². The summed E-state index contributed by atoms with van der Waals surface area (Å²) in [5.41, 5.74) is 0. The zero-order valence-corrected chi connectivity index (χ0v) is 13.3. The minimum Gasteiger partial charge on any atom is -0.484 e. The molecule has 0 atom stereocenters. The number of nitrogens with one attached hydrogen (secondary N) is 2. The third-order valence-electron chi connectivity index (χ3n) is 2.67. The molecule has 0 fully saturated rings. The van der Waals surface area contributed by atoms with Crippen LogP contribution in [0, 0.1) is 0 Å². The van der Waals surface area contributed by atoms with Crippen molar-refractivity contribution in [2.75, 3.05) is 13.2 Å². The topological polar surface area (TPSA) is 80.6 Å². The van der Waals surface area contributed by atoms with E-state index in [0.29, 0.717) is 11.5 Å². The summed E-state index contributed by atoms with van der Waals surface area (Å²) in [4.78, 5) is 23.1. The smallest absolute Gasteiger partial charge is 0.258 e. The van der Waals surface area contributed by atoms with E-state index in [1.54, 1.807) is 24.3 Å². The number of halogens is 1. The minimum atomic E-state index is -0.365. The molecule has 0 saturated heterocycles. The molecule has 1 aromatic heterocycles. The van der Waals surface area contributed by atoms with Gasteiger partial charge in [-0.1, -0.05) is 15.9 Å². The Bertz CT molecular complexity index is 611. The van der Waals surface area contributed by atoms with Crippen LogP contribution in [-0.2, 0) is 16.1 Å². The van der Waals surface area contributed by atoms with E-state index in [4.69, 9.17) is 9.15 Å². The normalized spacial score (nSPS) is 10.0. The molecule has 1 heterocycles. The second kappa shape index (κ2) is 8.23. The maximum atomic E-state index is 11.6. The van der Waals surface area contributed by atoms with E-state index in [1.165, 1.54) is 6.26 Å². The maximum Gasteiger partial charge on any atom is 0.258 e. The van der Waals surface area contributed by atoms with E-state index in [9.17, 15) is 9.59 Å². The molecule has 2 rings (SSSR count). The number of ether oxygens (including phenoxy) is 1. The second-order valence-electron chi connectivity index (χ2n) is 4.38. The van der Waals surface area contributed by atoms with E-state index in [2.05, 4.69) is 26.6 Å². The molecule has 1 aromatic carbocycles. The van der Waals surface area contributed by atoms with Crippen LogP contribution in [0.25, 0.3) is 0 Å². The summed E-state index contributed by atoms with van der Waals surface area (Å²) in [5.74, 6) is 0.573. The predicted octanol–water partition coefficient (Wildman–Crippen LogP) is 1.85. The fourth-order valence-corrected chi connectivity index (χ4v) is 1.84. The highest BCUT2D eigenvalue weighted by Gasteiger charge is 2.07. The third-order valence-corrected chi connectivity index (χ3v) is 3.20. The molecule has 0 spiro atoms. The zero-order valence-electron chi connectivity index (χ0n) is 11.7. The number of rotatable bonds is 7. The number of benzene rings is 1. The zero-order chi connectivity index (χ0) is 15.8. The van der Waals surface area contributed by atoms with Crippen molar-refractivity contribution in [3.8, 4) is 5.75 Å². The predicted molar refractivity (Wildman–Crippen MR) is 83.2 cm³/mol. The van der Waals surface area contributed by atoms with Crippen molar-refractivity contribution in [3.63, 3.8) is 0 Å². The molecule has 2 N–H and O–H groups in total. The van der Waals surface area contributed by atoms with Gasteiger partial charge in [-0.3, -0.25) is 9.59 Å². The Balaban J connectivity index is 1.62. The Hall–Kier alpha value is -2.28. The summed E-state index contributed by atoms with van der Waals surface area (Å²) in [6.45, 7) is 0.0352. The largest absolute Gasteiger partial charge is 0.484 e. The molecule has 2 aromatic rings. The van der Waals surface area contributed by atoms with Crippen molar-refractivity contribution in [1.82, 2.24) is 10.6 Å². The number of hydrogen-bond acceptors (Lipinski definition) is 4. The Kier molecular flexibility index (Phi) is 6.02. The van der Waals surface area contributed by atoms with Crippen LogP contribution < -0.4 is 15.4 Å². The molecule has 116 valence electrons. The number of hydrogen-bond donors (Lipinski definition) is 2. The lowest BCUT2D eigenvalue weighted by molar-refractivity contribution is -0.127. The molecule has 6 nitrogen and oxygen atoms in total. The highest BCUT2D eigenvalue weighted by atomic mass is 79.9. The summed E-state index contributed by atoms with van der Waals surface area (Å²) >= 11 is 3.31. The molecular weight excluding hydrogens is 352 g/mol. The van der Waals surface area contributed by atoms with Crippen LogP contribution in [-0.4, -0.2) is 25.0 Å². The average Bonchev–Trinajstić information content (AvgIpc) is 3.04. The van der Waals surface area contributed by atoms with Crippen LogP contribution in [0.1, 0.15) is 5.76 Å². The van der Waals surface area contributed by atoms with Crippen molar-refractivity contribution in [1.29, 1.82) is 0 Å². The molecule has 0 bridgehead atoms. The molecular formula is C15H15BrN2O4. The van der Waals surface area contributed by atoms with Gasteiger partial charge in [0, 0.05) is 4.47 Å². The van der Waals surface area contributed by atoms with Crippen molar-refractivity contribution < 1.29 is 18.7 Å². The minimum absolute atomic E-state index is 0.108. The van der Waals surface area contributed by atoms with E-state index in [1.807, 2.05) is 12.1 Å². The molecule has 7 heteroatoms. The lowest BCUT2D eigenvalue weighted by atomic mass is 10.3. The first kappa shape index (κ1) is 16.1. The van der Waals surface area contributed by atoms with E-state index >= 15 is 0 Å². The molecule has 0 aliphatic rings. The first-order valence-corrected chi connectivity index (χ1v) is 7.37. The van der Waals surface area contributed by atoms with Gasteiger partial charge in [-0.2, -0.15) is 0 Å². The summed E-state index contributed by atoms with van der Waals surface area (Å²) < 4.78 is 11.3. The van der Waals surface area contributed by atoms with E-state index < -0.39 is 0 Å². The Morgan fingerprint density at radius 3 is 2.55 bits per heavy atom. The first-order valence-electron chi connectivity index (χ1n) is 6.57. The van der Waals surface area contributed by atoms with Gasteiger partial charge in [-0.15, -0.1) is 0 Å².